The summed E-state index contributed by atoms with van der Waals surface area (Å²) in [7, 11) is 1.56. The lowest BCUT2D eigenvalue weighted by atomic mass is 10.1. The Bertz CT molecular complexity index is 977. The molecule has 0 saturated heterocycles. The Kier molecular flexibility index (Phi) is 7.26. The van der Waals surface area contributed by atoms with Crippen LogP contribution in [0.3, 0.4) is 0 Å². The van der Waals surface area contributed by atoms with E-state index in [9.17, 15) is 4.79 Å². The number of halogens is 3. The average molecular weight is 458 g/mol. The van der Waals surface area contributed by atoms with Gasteiger partial charge in [0.15, 0.2) is 0 Å². The van der Waals surface area contributed by atoms with E-state index in [4.69, 9.17) is 44.1 Å². The van der Waals surface area contributed by atoms with E-state index >= 15 is 0 Å². The number of carbonyl (C=O) groups is 1. The molecule has 0 aliphatic carbocycles. The second-order valence-corrected chi connectivity index (χ2v) is 7.98. The molecule has 9 heteroatoms. The molecule has 1 aromatic heterocycles. The molecule has 0 radical (unpaired) electrons. The number of anilines is 1. The highest BCUT2D eigenvalue weighted by Gasteiger charge is 2.20. The number of hydrogen-bond acceptors (Lipinski definition) is 5. The van der Waals surface area contributed by atoms with Crippen LogP contribution in [0.1, 0.15) is 5.69 Å². The third-order valence-electron chi connectivity index (χ3n) is 3.68. The van der Waals surface area contributed by atoms with Crippen LogP contribution in [0.2, 0.25) is 15.1 Å². The van der Waals surface area contributed by atoms with E-state index in [1.165, 1.54) is 11.8 Å². The maximum Gasteiger partial charge on any atom is 0.239 e. The molecule has 0 fully saturated rings. The number of thioether (sulfide) groups is 1. The number of hydrogen-bond donors (Lipinski definition) is 1. The molecule has 3 rings (SSSR count). The molecular weight excluding hydrogens is 443 g/mol. The normalized spacial score (nSPS) is 10.9. The van der Waals surface area contributed by atoms with E-state index in [2.05, 4.69) is 10.5 Å². The average Bonchev–Trinajstić information content (AvgIpc) is 3.04. The van der Waals surface area contributed by atoms with Crippen LogP contribution in [0.5, 0.6) is 0 Å². The summed E-state index contributed by atoms with van der Waals surface area (Å²) >= 11 is 19.3. The van der Waals surface area contributed by atoms with Crippen LogP contribution in [-0.2, 0) is 16.1 Å². The van der Waals surface area contributed by atoms with Crippen molar-refractivity contribution in [3.05, 3.63) is 63.2 Å². The van der Waals surface area contributed by atoms with Crippen molar-refractivity contribution in [3.63, 3.8) is 0 Å². The van der Waals surface area contributed by atoms with Crippen molar-refractivity contribution in [1.29, 1.82) is 0 Å². The molecule has 1 amide bonds. The Hall–Kier alpha value is -1.70. The van der Waals surface area contributed by atoms with Crippen molar-refractivity contribution in [2.75, 3.05) is 18.2 Å². The Morgan fingerprint density at radius 2 is 1.86 bits per heavy atom. The standard InChI is InChI=1S/C19H15Cl3N2O3S/c1-26-9-15-18(11-2-4-12(20)5-3-11)19(27-24-15)23-17(25)10-28-16-7-6-13(21)8-14(16)22/h2-8H,9-10H2,1H3,(H,23,25). The van der Waals surface area contributed by atoms with Gasteiger partial charge in [0.05, 0.1) is 22.9 Å². The van der Waals surface area contributed by atoms with Crippen molar-refractivity contribution >= 4 is 58.4 Å². The number of methoxy groups -OCH3 is 1. The molecule has 0 aliphatic heterocycles. The summed E-state index contributed by atoms with van der Waals surface area (Å²) in [6.07, 6.45) is 0. The highest BCUT2D eigenvalue weighted by molar-refractivity contribution is 8.00. The second kappa shape index (κ2) is 9.67. The van der Waals surface area contributed by atoms with E-state index in [0.29, 0.717) is 26.3 Å². The predicted octanol–water partition coefficient (Wildman–Crippen LogP) is 6.18. The summed E-state index contributed by atoms with van der Waals surface area (Å²) in [5.74, 6) is 0.135. The fourth-order valence-electron chi connectivity index (χ4n) is 2.46. The predicted molar refractivity (Wildman–Crippen MR) is 113 cm³/mol. The first-order valence-electron chi connectivity index (χ1n) is 8.09. The minimum atomic E-state index is -0.258. The SMILES string of the molecule is COCc1noc(NC(=O)CSc2ccc(Cl)cc2Cl)c1-c1ccc(Cl)cc1. The number of carbonyl (C=O) groups excluding carboxylic acids is 1. The second-order valence-electron chi connectivity index (χ2n) is 5.68. The van der Waals surface area contributed by atoms with Crippen molar-refractivity contribution in [1.82, 2.24) is 5.16 Å². The van der Waals surface area contributed by atoms with E-state index in [0.717, 1.165) is 10.5 Å². The zero-order chi connectivity index (χ0) is 20.1. The minimum absolute atomic E-state index is 0.141. The summed E-state index contributed by atoms with van der Waals surface area (Å²) in [6, 6.07) is 12.3. The summed E-state index contributed by atoms with van der Waals surface area (Å²) in [4.78, 5) is 13.2. The lowest BCUT2D eigenvalue weighted by Crippen LogP contribution is -2.14. The third-order valence-corrected chi connectivity index (χ3v) is 5.67. The molecule has 146 valence electrons. The van der Waals surface area contributed by atoms with Gasteiger partial charge >= 0.3 is 0 Å². The number of aromatic nitrogens is 1. The van der Waals surface area contributed by atoms with Gasteiger partial charge in [0.1, 0.15) is 5.69 Å². The Morgan fingerprint density at radius 3 is 2.54 bits per heavy atom. The zero-order valence-electron chi connectivity index (χ0n) is 14.7. The third kappa shape index (κ3) is 5.21. The first-order valence-corrected chi connectivity index (χ1v) is 10.2. The van der Waals surface area contributed by atoms with Gasteiger partial charge in [-0.1, -0.05) is 52.1 Å². The van der Waals surface area contributed by atoms with Crippen LogP contribution >= 0.6 is 46.6 Å². The molecule has 0 saturated carbocycles. The number of rotatable bonds is 7. The van der Waals surface area contributed by atoms with Crippen LogP contribution in [0.4, 0.5) is 5.88 Å². The zero-order valence-corrected chi connectivity index (χ0v) is 17.8. The van der Waals surface area contributed by atoms with Gasteiger partial charge in [-0.2, -0.15) is 0 Å². The van der Waals surface area contributed by atoms with Gasteiger partial charge in [-0.15, -0.1) is 11.8 Å². The smallest absolute Gasteiger partial charge is 0.239 e. The Morgan fingerprint density at radius 1 is 1.14 bits per heavy atom. The van der Waals surface area contributed by atoms with Crippen LogP contribution in [0.15, 0.2) is 51.9 Å². The van der Waals surface area contributed by atoms with Crippen molar-refractivity contribution < 1.29 is 14.1 Å². The molecular formula is C19H15Cl3N2O3S. The summed E-state index contributed by atoms with van der Waals surface area (Å²) < 4.78 is 10.5. The number of ether oxygens (including phenoxy) is 1. The molecule has 0 spiro atoms. The maximum absolute atomic E-state index is 12.4. The van der Waals surface area contributed by atoms with Crippen LogP contribution < -0.4 is 5.32 Å². The largest absolute Gasteiger partial charge is 0.378 e. The van der Waals surface area contributed by atoms with Crippen molar-refractivity contribution in [2.24, 2.45) is 0 Å². The monoisotopic (exact) mass is 456 g/mol. The molecule has 0 atom stereocenters. The van der Waals surface area contributed by atoms with Crippen molar-refractivity contribution in [3.8, 4) is 11.1 Å². The molecule has 3 aromatic rings. The minimum Gasteiger partial charge on any atom is -0.378 e. The maximum atomic E-state index is 12.4. The first kappa shape index (κ1) is 21.0. The van der Waals surface area contributed by atoms with E-state index in [-0.39, 0.29) is 24.2 Å². The van der Waals surface area contributed by atoms with Crippen LogP contribution in [0.25, 0.3) is 11.1 Å². The number of nitrogens with one attached hydrogen (secondary N) is 1. The Balaban J connectivity index is 1.76. The van der Waals surface area contributed by atoms with Gasteiger partial charge in [0, 0.05) is 22.1 Å². The molecule has 0 aliphatic rings. The summed E-state index contributed by atoms with van der Waals surface area (Å²) in [6.45, 7) is 0.243. The number of amides is 1. The highest BCUT2D eigenvalue weighted by atomic mass is 35.5. The van der Waals surface area contributed by atoms with E-state index in [1.807, 2.05) is 12.1 Å². The molecule has 0 unspecified atom stereocenters. The van der Waals surface area contributed by atoms with Gasteiger partial charge < -0.3 is 9.26 Å². The van der Waals surface area contributed by atoms with Crippen LogP contribution in [-0.4, -0.2) is 23.9 Å². The quantitative estimate of drug-likeness (QED) is 0.429. The molecule has 0 bridgehead atoms. The summed E-state index contributed by atoms with van der Waals surface area (Å²) in [5, 5.41) is 8.41. The fourth-order valence-corrected chi connectivity index (χ4v) is 3.87. The lowest BCUT2D eigenvalue weighted by Gasteiger charge is -2.07. The van der Waals surface area contributed by atoms with Crippen molar-refractivity contribution in [2.45, 2.75) is 11.5 Å². The van der Waals surface area contributed by atoms with Crippen LogP contribution in [0, 0.1) is 0 Å². The highest BCUT2D eigenvalue weighted by Crippen LogP contribution is 2.34. The molecule has 5 nitrogen and oxygen atoms in total. The Labute approximate surface area is 181 Å². The topological polar surface area (TPSA) is 64.4 Å². The molecule has 2 aromatic carbocycles. The number of nitrogens with zero attached hydrogens (tertiary/aromatic N) is 1. The van der Waals surface area contributed by atoms with Gasteiger partial charge in [-0.25, -0.2) is 0 Å². The fraction of sp³-hybridized carbons (Fsp3) is 0.158. The first-order chi connectivity index (χ1) is 13.5. The van der Waals surface area contributed by atoms with Gasteiger partial charge in [-0.05, 0) is 35.9 Å². The molecule has 1 N–H and O–H groups in total. The molecule has 1 heterocycles. The number of benzene rings is 2. The van der Waals surface area contributed by atoms with E-state index < -0.39 is 0 Å². The summed E-state index contributed by atoms with van der Waals surface area (Å²) in [5.41, 5.74) is 2.04. The van der Waals surface area contributed by atoms with Gasteiger partial charge in [0.25, 0.3) is 0 Å². The molecule has 28 heavy (non-hydrogen) atoms. The van der Waals surface area contributed by atoms with Gasteiger partial charge in [0.2, 0.25) is 11.8 Å². The lowest BCUT2D eigenvalue weighted by molar-refractivity contribution is -0.113. The van der Waals surface area contributed by atoms with E-state index in [1.54, 1.807) is 37.4 Å². The van der Waals surface area contributed by atoms with Gasteiger partial charge in [-0.3, -0.25) is 10.1 Å².